The van der Waals surface area contributed by atoms with Gasteiger partial charge in [-0.15, -0.1) is 0 Å². The van der Waals surface area contributed by atoms with Crippen molar-refractivity contribution in [3.8, 4) is 0 Å². The summed E-state index contributed by atoms with van der Waals surface area (Å²) in [4.78, 5) is 25.5. The number of anilines is 1. The van der Waals surface area contributed by atoms with Gasteiger partial charge < -0.3 is 15.0 Å². The zero-order valence-electron chi connectivity index (χ0n) is 11.7. The summed E-state index contributed by atoms with van der Waals surface area (Å²) in [6, 6.07) is 7.21. The lowest BCUT2D eigenvalue weighted by atomic mass is 10.1. The van der Waals surface area contributed by atoms with Gasteiger partial charge in [0.25, 0.3) is 5.91 Å². The monoisotopic (exact) mass is 276 g/mol. The van der Waals surface area contributed by atoms with E-state index in [2.05, 4.69) is 5.32 Å². The van der Waals surface area contributed by atoms with Crippen LogP contribution in [0.2, 0.25) is 0 Å². The Balaban J connectivity index is 1.98. The number of ether oxygens (including phenoxy) is 1. The van der Waals surface area contributed by atoms with Crippen LogP contribution in [0.4, 0.5) is 5.69 Å². The van der Waals surface area contributed by atoms with Crippen molar-refractivity contribution < 1.29 is 14.3 Å². The maximum atomic E-state index is 12.0. The minimum atomic E-state index is -0.116. The molecule has 2 amide bonds. The summed E-state index contributed by atoms with van der Waals surface area (Å²) < 4.78 is 4.93. The molecule has 1 fully saturated rings. The van der Waals surface area contributed by atoms with Gasteiger partial charge in [0.15, 0.2) is 0 Å². The highest BCUT2D eigenvalue weighted by Gasteiger charge is 2.22. The molecule has 1 heterocycles. The Hall–Kier alpha value is -1.88. The van der Waals surface area contributed by atoms with Gasteiger partial charge in [0.05, 0.1) is 0 Å². The Kier molecular flexibility index (Phi) is 5.12. The van der Waals surface area contributed by atoms with Crippen molar-refractivity contribution in [3.63, 3.8) is 0 Å². The molecule has 0 unspecified atom stereocenters. The predicted octanol–water partition coefficient (Wildman–Crippen LogP) is 1.58. The third kappa shape index (κ3) is 3.57. The van der Waals surface area contributed by atoms with Gasteiger partial charge in [-0.3, -0.25) is 9.59 Å². The highest BCUT2D eigenvalue weighted by atomic mass is 16.5. The molecule has 0 atom stereocenters. The van der Waals surface area contributed by atoms with Gasteiger partial charge >= 0.3 is 0 Å². The number of carbonyl (C=O) groups excluding carboxylic acids is 2. The molecule has 1 aromatic carbocycles. The summed E-state index contributed by atoms with van der Waals surface area (Å²) >= 11 is 0. The van der Waals surface area contributed by atoms with Crippen molar-refractivity contribution in [3.05, 3.63) is 29.8 Å². The number of nitrogens with zero attached hydrogens (tertiary/aromatic N) is 1. The van der Waals surface area contributed by atoms with E-state index in [1.165, 1.54) is 0 Å². The highest BCUT2D eigenvalue weighted by molar-refractivity contribution is 5.99. The normalized spacial score (nSPS) is 14.7. The molecule has 1 aromatic rings. The second-order valence-corrected chi connectivity index (χ2v) is 4.80. The molecular formula is C15H20N2O3. The first-order valence-corrected chi connectivity index (χ1v) is 6.90. The zero-order valence-corrected chi connectivity index (χ0v) is 11.7. The quantitative estimate of drug-likeness (QED) is 0.803. The first-order chi connectivity index (χ1) is 9.72. The molecule has 0 aliphatic carbocycles. The Bertz CT molecular complexity index is 488. The number of amides is 2. The van der Waals surface area contributed by atoms with Crippen LogP contribution in [0, 0.1) is 0 Å². The average molecular weight is 276 g/mol. The van der Waals surface area contributed by atoms with E-state index in [0.29, 0.717) is 25.1 Å². The van der Waals surface area contributed by atoms with Crippen molar-refractivity contribution in [2.45, 2.75) is 19.3 Å². The lowest BCUT2D eigenvalue weighted by molar-refractivity contribution is -0.117. The zero-order chi connectivity index (χ0) is 14.4. The van der Waals surface area contributed by atoms with Gasteiger partial charge in [0, 0.05) is 44.5 Å². The molecule has 1 N–H and O–H groups in total. The van der Waals surface area contributed by atoms with Crippen molar-refractivity contribution in [1.29, 1.82) is 0 Å². The maximum absolute atomic E-state index is 12.0. The third-order valence-corrected chi connectivity index (χ3v) is 3.30. The fourth-order valence-corrected chi connectivity index (χ4v) is 2.26. The van der Waals surface area contributed by atoms with Gasteiger partial charge in [0.1, 0.15) is 0 Å². The van der Waals surface area contributed by atoms with Crippen molar-refractivity contribution in [2.75, 3.05) is 31.7 Å². The number of hydrogen-bond acceptors (Lipinski definition) is 3. The molecule has 0 bridgehead atoms. The minimum absolute atomic E-state index is 0.116. The Morgan fingerprint density at radius 2 is 2.30 bits per heavy atom. The van der Waals surface area contributed by atoms with Crippen LogP contribution in [-0.4, -0.2) is 38.6 Å². The van der Waals surface area contributed by atoms with Crippen molar-refractivity contribution >= 4 is 17.5 Å². The molecule has 1 aliphatic rings. The Morgan fingerprint density at radius 3 is 3.00 bits per heavy atom. The SMILES string of the molecule is COCCCNC(=O)c1cccc(N2CCCC2=O)c1. The van der Waals surface area contributed by atoms with E-state index in [-0.39, 0.29) is 11.8 Å². The van der Waals surface area contributed by atoms with E-state index in [4.69, 9.17) is 4.74 Å². The van der Waals surface area contributed by atoms with Crippen LogP contribution in [0.15, 0.2) is 24.3 Å². The average Bonchev–Trinajstić information content (AvgIpc) is 2.90. The van der Waals surface area contributed by atoms with E-state index >= 15 is 0 Å². The Morgan fingerprint density at radius 1 is 1.45 bits per heavy atom. The molecule has 0 saturated carbocycles. The standard InChI is InChI=1S/C15H20N2O3/c1-20-10-4-8-16-15(19)12-5-2-6-13(11-12)17-9-3-7-14(17)18/h2,5-6,11H,3-4,7-10H2,1H3,(H,16,19). The number of benzene rings is 1. The predicted molar refractivity (Wildman–Crippen MR) is 76.9 cm³/mol. The highest BCUT2D eigenvalue weighted by Crippen LogP contribution is 2.22. The summed E-state index contributed by atoms with van der Waals surface area (Å²) in [6.07, 6.45) is 2.26. The Labute approximate surface area is 118 Å². The summed E-state index contributed by atoms with van der Waals surface area (Å²) in [5.41, 5.74) is 1.39. The molecule has 1 aliphatic heterocycles. The van der Waals surface area contributed by atoms with E-state index < -0.39 is 0 Å². The summed E-state index contributed by atoms with van der Waals surface area (Å²) in [5, 5.41) is 2.84. The van der Waals surface area contributed by atoms with Gasteiger partial charge in [-0.25, -0.2) is 0 Å². The van der Waals surface area contributed by atoms with Crippen LogP contribution < -0.4 is 10.2 Å². The van der Waals surface area contributed by atoms with Crippen molar-refractivity contribution in [1.82, 2.24) is 5.32 Å². The molecule has 1 saturated heterocycles. The molecule has 2 rings (SSSR count). The van der Waals surface area contributed by atoms with Gasteiger partial charge in [-0.2, -0.15) is 0 Å². The lowest BCUT2D eigenvalue weighted by Gasteiger charge is -2.16. The van der Waals surface area contributed by atoms with Crippen LogP contribution in [-0.2, 0) is 9.53 Å². The fourth-order valence-electron chi connectivity index (χ4n) is 2.26. The van der Waals surface area contributed by atoms with Gasteiger partial charge in [-0.1, -0.05) is 6.07 Å². The van der Waals surface area contributed by atoms with Crippen molar-refractivity contribution in [2.24, 2.45) is 0 Å². The van der Waals surface area contributed by atoms with Crippen LogP contribution >= 0.6 is 0 Å². The van der Waals surface area contributed by atoms with E-state index in [9.17, 15) is 9.59 Å². The molecule has 0 aromatic heterocycles. The number of rotatable bonds is 6. The lowest BCUT2D eigenvalue weighted by Crippen LogP contribution is -2.27. The summed E-state index contributed by atoms with van der Waals surface area (Å²) in [6.45, 7) is 1.94. The number of hydrogen-bond donors (Lipinski definition) is 1. The molecule has 0 radical (unpaired) electrons. The molecule has 0 spiro atoms. The largest absolute Gasteiger partial charge is 0.385 e. The van der Waals surface area contributed by atoms with Gasteiger partial charge in [-0.05, 0) is 31.0 Å². The van der Waals surface area contributed by atoms with E-state index in [0.717, 1.165) is 25.1 Å². The number of methoxy groups -OCH3 is 1. The number of nitrogens with one attached hydrogen (secondary N) is 1. The second kappa shape index (κ2) is 7.05. The molecule has 5 heteroatoms. The molecular weight excluding hydrogens is 256 g/mol. The summed E-state index contributed by atoms with van der Waals surface area (Å²) in [5.74, 6) is 0.0113. The van der Waals surface area contributed by atoms with E-state index in [1.54, 1.807) is 24.1 Å². The van der Waals surface area contributed by atoms with Crippen LogP contribution in [0.25, 0.3) is 0 Å². The van der Waals surface area contributed by atoms with E-state index in [1.807, 2.05) is 12.1 Å². The number of carbonyl (C=O) groups is 2. The third-order valence-electron chi connectivity index (χ3n) is 3.30. The van der Waals surface area contributed by atoms with Gasteiger partial charge in [0.2, 0.25) is 5.91 Å². The second-order valence-electron chi connectivity index (χ2n) is 4.80. The topological polar surface area (TPSA) is 58.6 Å². The van der Waals surface area contributed by atoms with Crippen LogP contribution in [0.3, 0.4) is 0 Å². The summed E-state index contributed by atoms with van der Waals surface area (Å²) in [7, 11) is 1.64. The van der Waals surface area contributed by atoms with Crippen LogP contribution in [0.5, 0.6) is 0 Å². The molecule has 5 nitrogen and oxygen atoms in total. The fraction of sp³-hybridized carbons (Fsp3) is 0.467. The molecule has 20 heavy (non-hydrogen) atoms. The maximum Gasteiger partial charge on any atom is 0.251 e. The smallest absolute Gasteiger partial charge is 0.251 e. The minimum Gasteiger partial charge on any atom is -0.385 e. The molecule has 108 valence electrons. The first-order valence-electron chi connectivity index (χ1n) is 6.90. The first kappa shape index (κ1) is 14.5. The van der Waals surface area contributed by atoms with Crippen LogP contribution in [0.1, 0.15) is 29.6 Å².